The largest absolute Gasteiger partial charge is 0.494 e. The zero-order valence-corrected chi connectivity index (χ0v) is 17.4. The van der Waals surface area contributed by atoms with Crippen molar-refractivity contribution in [3.63, 3.8) is 0 Å². The molecule has 0 bridgehead atoms. The Balaban J connectivity index is 1.51. The molecule has 154 valence electrons. The summed E-state index contributed by atoms with van der Waals surface area (Å²) in [6, 6.07) is 18.5. The van der Waals surface area contributed by atoms with Gasteiger partial charge >= 0.3 is 0 Å². The number of nitrogens with one attached hydrogen (secondary N) is 1. The minimum atomic E-state index is -0.260. The molecular weight excluding hydrogens is 400 g/mol. The van der Waals surface area contributed by atoms with Crippen LogP contribution in [-0.2, 0) is 9.59 Å². The number of thioether (sulfide) groups is 1. The van der Waals surface area contributed by atoms with E-state index in [4.69, 9.17) is 9.15 Å². The van der Waals surface area contributed by atoms with Crippen LogP contribution >= 0.6 is 11.8 Å². The van der Waals surface area contributed by atoms with Gasteiger partial charge in [0.15, 0.2) is 0 Å². The first-order valence-corrected chi connectivity index (χ1v) is 10.6. The van der Waals surface area contributed by atoms with Crippen LogP contribution in [0, 0.1) is 0 Å². The van der Waals surface area contributed by atoms with Crippen molar-refractivity contribution >= 4 is 35.0 Å². The normalized spacial score (nSPS) is 16.0. The Morgan fingerprint density at radius 2 is 1.97 bits per heavy atom. The zero-order chi connectivity index (χ0) is 20.9. The number of nitrogens with zero attached hydrogens (tertiary/aromatic N) is 1. The van der Waals surface area contributed by atoms with Gasteiger partial charge in [0.1, 0.15) is 18.1 Å². The molecule has 30 heavy (non-hydrogen) atoms. The van der Waals surface area contributed by atoms with Crippen molar-refractivity contribution in [2.24, 2.45) is 0 Å². The summed E-state index contributed by atoms with van der Waals surface area (Å²) in [6.07, 6.45) is 1.86. The number of fused-ring (bicyclic) bond motifs is 1. The van der Waals surface area contributed by atoms with Gasteiger partial charge in [-0.3, -0.25) is 9.59 Å². The first kappa shape index (κ1) is 20.1. The number of hydrogen-bond donors (Lipinski definition) is 1. The minimum Gasteiger partial charge on any atom is -0.494 e. The molecule has 0 aliphatic carbocycles. The summed E-state index contributed by atoms with van der Waals surface area (Å²) < 4.78 is 11.0. The maximum atomic E-state index is 13.1. The van der Waals surface area contributed by atoms with Crippen molar-refractivity contribution in [3.8, 4) is 5.75 Å². The van der Waals surface area contributed by atoms with E-state index in [1.165, 1.54) is 0 Å². The minimum absolute atomic E-state index is 0.0610. The van der Waals surface area contributed by atoms with E-state index in [0.29, 0.717) is 12.3 Å². The molecule has 2 aromatic carbocycles. The lowest BCUT2D eigenvalue weighted by Crippen LogP contribution is -2.38. The smallest absolute Gasteiger partial charge is 0.244 e. The van der Waals surface area contributed by atoms with Crippen molar-refractivity contribution in [1.82, 2.24) is 0 Å². The Morgan fingerprint density at radius 1 is 1.17 bits per heavy atom. The Kier molecular flexibility index (Phi) is 6.09. The topological polar surface area (TPSA) is 71.8 Å². The Hall–Kier alpha value is -3.19. The fourth-order valence-electron chi connectivity index (χ4n) is 3.33. The van der Waals surface area contributed by atoms with Crippen LogP contribution in [-0.4, -0.2) is 25.0 Å². The summed E-state index contributed by atoms with van der Waals surface area (Å²) >= 11 is 1.58. The number of furan rings is 1. The predicted molar refractivity (Wildman–Crippen MR) is 117 cm³/mol. The summed E-state index contributed by atoms with van der Waals surface area (Å²) in [5, 5.41) is 2.72. The average molecular weight is 423 g/mol. The number of benzene rings is 2. The van der Waals surface area contributed by atoms with Gasteiger partial charge in [-0.15, -0.1) is 11.8 Å². The Bertz CT molecular complexity index is 1020. The van der Waals surface area contributed by atoms with Gasteiger partial charge in [-0.2, -0.15) is 0 Å². The highest BCUT2D eigenvalue weighted by molar-refractivity contribution is 7.99. The van der Waals surface area contributed by atoms with Crippen molar-refractivity contribution in [3.05, 3.63) is 72.7 Å². The molecular formula is C23H22N2O4S. The number of ether oxygens (including phenoxy) is 1. The third-order valence-electron chi connectivity index (χ3n) is 4.70. The molecule has 0 unspecified atom stereocenters. The van der Waals surface area contributed by atoms with E-state index in [1.807, 2.05) is 43.3 Å². The van der Waals surface area contributed by atoms with Crippen molar-refractivity contribution < 1.29 is 18.7 Å². The molecule has 0 fully saturated rings. The summed E-state index contributed by atoms with van der Waals surface area (Å²) in [6.45, 7) is 2.44. The summed E-state index contributed by atoms with van der Waals surface area (Å²) in [5.41, 5.74) is 1.39. The second-order valence-corrected chi connectivity index (χ2v) is 8.02. The number of para-hydroxylation sites is 1. The quantitative estimate of drug-likeness (QED) is 0.613. The lowest BCUT2D eigenvalue weighted by molar-refractivity contribution is -0.121. The van der Waals surface area contributed by atoms with Crippen LogP contribution in [0.2, 0.25) is 0 Å². The van der Waals surface area contributed by atoms with Crippen LogP contribution in [0.15, 0.2) is 76.2 Å². The maximum absolute atomic E-state index is 13.1. The SMILES string of the molecule is CCOc1ccc(NC(=O)CN2C(=O)C[C@H](c3ccco3)Sc3ccccc32)cc1. The van der Waals surface area contributed by atoms with Gasteiger partial charge in [0, 0.05) is 17.0 Å². The van der Waals surface area contributed by atoms with Gasteiger partial charge in [-0.05, 0) is 55.5 Å². The summed E-state index contributed by atoms with van der Waals surface area (Å²) in [4.78, 5) is 28.3. The van der Waals surface area contributed by atoms with Crippen LogP contribution in [0.4, 0.5) is 11.4 Å². The fourth-order valence-corrected chi connectivity index (χ4v) is 4.57. The van der Waals surface area contributed by atoms with E-state index in [9.17, 15) is 9.59 Å². The van der Waals surface area contributed by atoms with Crippen molar-refractivity contribution in [1.29, 1.82) is 0 Å². The monoisotopic (exact) mass is 422 g/mol. The fraction of sp³-hybridized carbons (Fsp3) is 0.217. The highest BCUT2D eigenvalue weighted by Crippen LogP contribution is 2.45. The van der Waals surface area contributed by atoms with Gasteiger partial charge < -0.3 is 19.4 Å². The number of carbonyl (C=O) groups excluding carboxylic acids is 2. The standard InChI is InChI=1S/C23H22N2O4S/c1-2-28-17-11-9-16(10-12-17)24-22(26)15-25-18-6-3-4-8-20(18)30-21(14-23(25)27)19-7-5-13-29-19/h3-13,21H,2,14-15H2,1H3,(H,24,26)/t21-/m1/s1. The molecule has 4 rings (SSSR count). The molecule has 2 amide bonds. The van der Waals surface area contributed by atoms with Crippen molar-refractivity contribution in [2.75, 3.05) is 23.4 Å². The molecule has 0 saturated heterocycles. The lowest BCUT2D eigenvalue weighted by Gasteiger charge is -2.22. The zero-order valence-electron chi connectivity index (χ0n) is 16.5. The van der Waals surface area contributed by atoms with Gasteiger partial charge in [-0.1, -0.05) is 12.1 Å². The van der Waals surface area contributed by atoms with Crippen LogP contribution in [0.1, 0.15) is 24.4 Å². The third kappa shape index (κ3) is 4.52. The van der Waals surface area contributed by atoms with Crippen LogP contribution in [0.5, 0.6) is 5.75 Å². The van der Waals surface area contributed by atoms with Crippen LogP contribution in [0.3, 0.4) is 0 Å². The predicted octanol–water partition coefficient (Wildman–Crippen LogP) is 4.89. The highest BCUT2D eigenvalue weighted by atomic mass is 32.2. The Morgan fingerprint density at radius 3 is 2.70 bits per heavy atom. The van der Waals surface area contributed by atoms with E-state index in [2.05, 4.69) is 5.32 Å². The Labute approximate surface area is 179 Å². The molecule has 1 N–H and O–H groups in total. The number of hydrogen-bond acceptors (Lipinski definition) is 5. The molecule has 7 heteroatoms. The number of amides is 2. The summed E-state index contributed by atoms with van der Waals surface area (Å²) in [5.74, 6) is 1.12. The molecule has 2 heterocycles. The van der Waals surface area contributed by atoms with E-state index in [0.717, 1.165) is 22.1 Å². The van der Waals surface area contributed by atoms with Crippen LogP contribution in [0.25, 0.3) is 0 Å². The number of rotatable bonds is 6. The van der Waals surface area contributed by atoms with E-state index in [1.54, 1.807) is 47.2 Å². The van der Waals surface area contributed by atoms with Crippen molar-refractivity contribution in [2.45, 2.75) is 23.5 Å². The molecule has 1 aliphatic heterocycles. The third-order valence-corrected chi connectivity index (χ3v) is 5.98. The molecule has 1 atom stereocenters. The van der Waals surface area contributed by atoms with Gasteiger partial charge in [0.2, 0.25) is 11.8 Å². The first-order chi connectivity index (χ1) is 14.6. The highest BCUT2D eigenvalue weighted by Gasteiger charge is 2.31. The molecule has 1 aromatic heterocycles. The van der Waals surface area contributed by atoms with E-state index < -0.39 is 0 Å². The van der Waals surface area contributed by atoms with Gasteiger partial charge in [0.25, 0.3) is 0 Å². The molecule has 0 radical (unpaired) electrons. The van der Waals surface area contributed by atoms with Gasteiger partial charge in [0.05, 0.1) is 23.8 Å². The number of anilines is 2. The summed E-state index contributed by atoms with van der Waals surface area (Å²) in [7, 11) is 0. The van der Waals surface area contributed by atoms with Crippen LogP contribution < -0.4 is 15.0 Å². The maximum Gasteiger partial charge on any atom is 0.244 e. The molecule has 0 saturated carbocycles. The van der Waals surface area contributed by atoms with Gasteiger partial charge in [-0.25, -0.2) is 0 Å². The molecule has 3 aromatic rings. The molecule has 1 aliphatic rings. The number of carbonyl (C=O) groups is 2. The second-order valence-electron chi connectivity index (χ2n) is 6.78. The second kappa shape index (κ2) is 9.09. The molecule has 0 spiro atoms. The van der Waals surface area contributed by atoms with E-state index >= 15 is 0 Å². The first-order valence-electron chi connectivity index (χ1n) is 9.76. The molecule has 6 nitrogen and oxygen atoms in total. The van der Waals surface area contributed by atoms with E-state index in [-0.39, 0.29) is 30.0 Å². The average Bonchev–Trinajstić information content (AvgIpc) is 3.24. The lowest BCUT2D eigenvalue weighted by atomic mass is 10.2.